The van der Waals surface area contributed by atoms with Gasteiger partial charge in [0, 0.05) is 18.4 Å². The Labute approximate surface area is 178 Å². The molecule has 0 aromatic heterocycles. The summed E-state index contributed by atoms with van der Waals surface area (Å²) in [5.41, 5.74) is -2.10. The van der Waals surface area contributed by atoms with E-state index in [-0.39, 0.29) is 5.56 Å². The maximum Gasteiger partial charge on any atom is 0.430 e. The number of benzene rings is 2. The number of carbonyl (C=O) groups excluding carboxylic acids is 2. The van der Waals surface area contributed by atoms with Crippen molar-refractivity contribution in [3.63, 3.8) is 0 Å². The highest BCUT2D eigenvalue weighted by atomic mass is 19.4. The van der Waals surface area contributed by atoms with Gasteiger partial charge in [-0.1, -0.05) is 48.0 Å². The molecule has 9 heteroatoms. The van der Waals surface area contributed by atoms with E-state index in [1.807, 2.05) is 6.92 Å². The van der Waals surface area contributed by atoms with Crippen LogP contribution in [0.1, 0.15) is 18.1 Å². The number of aryl methyl sites for hydroxylation is 1. The summed E-state index contributed by atoms with van der Waals surface area (Å²) >= 11 is 0. The SMILES string of the molecule is COC(=O)[C@H](Nc1ccc(C)cc1)[C@H](C)NC(=O)[C@](OC)(c1ccccc1)C(F)(F)F. The molecule has 0 spiro atoms. The van der Waals surface area contributed by atoms with Crippen LogP contribution in [0.3, 0.4) is 0 Å². The van der Waals surface area contributed by atoms with Crippen molar-refractivity contribution in [3.8, 4) is 0 Å². The molecule has 2 rings (SSSR count). The Bertz CT molecular complexity index is 888. The summed E-state index contributed by atoms with van der Waals surface area (Å²) in [6.45, 7) is 3.29. The molecule has 2 N–H and O–H groups in total. The summed E-state index contributed by atoms with van der Waals surface area (Å²) < 4.78 is 51.8. The number of hydrogen-bond acceptors (Lipinski definition) is 5. The molecule has 31 heavy (non-hydrogen) atoms. The van der Waals surface area contributed by atoms with Gasteiger partial charge in [0.05, 0.1) is 13.2 Å². The summed E-state index contributed by atoms with van der Waals surface area (Å²) in [5, 5.41) is 5.18. The normalized spacial score (nSPS) is 15.3. The van der Waals surface area contributed by atoms with Crippen molar-refractivity contribution in [3.05, 3.63) is 65.7 Å². The fraction of sp³-hybridized carbons (Fsp3) is 0.364. The van der Waals surface area contributed by atoms with E-state index in [9.17, 15) is 22.8 Å². The van der Waals surface area contributed by atoms with Crippen LogP contribution in [-0.2, 0) is 24.7 Å². The van der Waals surface area contributed by atoms with E-state index < -0.39 is 35.7 Å². The third-order valence-corrected chi connectivity index (χ3v) is 4.89. The second-order valence-electron chi connectivity index (χ2n) is 7.02. The highest BCUT2D eigenvalue weighted by Gasteiger charge is 2.63. The van der Waals surface area contributed by atoms with Crippen molar-refractivity contribution in [1.29, 1.82) is 0 Å². The minimum atomic E-state index is -5.06. The molecule has 0 heterocycles. The smallest absolute Gasteiger partial charge is 0.430 e. The third-order valence-electron chi connectivity index (χ3n) is 4.89. The first-order valence-electron chi connectivity index (χ1n) is 9.46. The molecule has 0 fully saturated rings. The van der Waals surface area contributed by atoms with Crippen LogP contribution in [0.25, 0.3) is 0 Å². The molecule has 0 aliphatic rings. The molecule has 2 aromatic rings. The Balaban J connectivity index is 2.35. The van der Waals surface area contributed by atoms with Crippen LogP contribution < -0.4 is 10.6 Å². The number of ether oxygens (including phenoxy) is 2. The van der Waals surface area contributed by atoms with Crippen LogP contribution >= 0.6 is 0 Å². The Morgan fingerprint density at radius 2 is 1.55 bits per heavy atom. The van der Waals surface area contributed by atoms with Crippen LogP contribution in [0, 0.1) is 6.92 Å². The van der Waals surface area contributed by atoms with E-state index in [1.54, 1.807) is 24.3 Å². The Kier molecular flexibility index (Phi) is 7.67. The van der Waals surface area contributed by atoms with E-state index in [0.717, 1.165) is 31.9 Å². The average molecular weight is 438 g/mol. The van der Waals surface area contributed by atoms with Crippen molar-refractivity contribution in [2.75, 3.05) is 19.5 Å². The van der Waals surface area contributed by atoms with Gasteiger partial charge < -0.3 is 20.1 Å². The molecule has 3 atom stereocenters. The maximum atomic E-state index is 14.1. The monoisotopic (exact) mass is 438 g/mol. The van der Waals surface area contributed by atoms with E-state index in [1.165, 1.54) is 25.1 Å². The van der Waals surface area contributed by atoms with Gasteiger partial charge in [0.25, 0.3) is 11.5 Å². The summed E-state index contributed by atoms with van der Waals surface area (Å²) in [6, 6.07) is 11.4. The van der Waals surface area contributed by atoms with E-state index in [0.29, 0.717) is 5.69 Å². The number of alkyl halides is 3. The zero-order valence-electron chi connectivity index (χ0n) is 17.6. The first-order valence-corrected chi connectivity index (χ1v) is 9.46. The van der Waals surface area contributed by atoms with E-state index in [2.05, 4.69) is 10.6 Å². The predicted molar refractivity (Wildman–Crippen MR) is 109 cm³/mol. The van der Waals surface area contributed by atoms with Gasteiger partial charge in [-0.2, -0.15) is 13.2 Å². The summed E-state index contributed by atoms with van der Waals surface area (Å²) in [7, 11) is 1.97. The van der Waals surface area contributed by atoms with Crippen LogP contribution in [0.2, 0.25) is 0 Å². The molecule has 0 radical (unpaired) electrons. The standard InChI is InChI=1S/C22H25F3N2O4/c1-14-10-12-17(13-11-14)27-18(19(28)30-3)15(2)26-20(29)21(31-4,22(23,24)25)16-8-6-5-7-9-16/h5-13,15,18,27H,1-4H3,(H,26,29)/t15-,18+,21+/m0/s1. The molecule has 0 saturated carbocycles. The Hall–Kier alpha value is -3.07. The Morgan fingerprint density at radius 3 is 2.03 bits per heavy atom. The molecule has 0 saturated heterocycles. The molecule has 0 aliphatic carbocycles. The highest BCUT2D eigenvalue weighted by Crippen LogP contribution is 2.42. The molecule has 0 aliphatic heterocycles. The summed E-state index contributed by atoms with van der Waals surface area (Å²) in [5.74, 6) is -2.19. The van der Waals surface area contributed by atoms with Crippen molar-refractivity contribution in [2.24, 2.45) is 0 Å². The van der Waals surface area contributed by atoms with Crippen molar-refractivity contribution in [1.82, 2.24) is 5.32 Å². The zero-order valence-corrected chi connectivity index (χ0v) is 17.6. The number of nitrogens with one attached hydrogen (secondary N) is 2. The summed E-state index contributed by atoms with van der Waals surface area (Å²) in [4.78, 5) is 25.2. The number of halogens is 3. The fourth-order valence-corrected chi connectivity index (χ4v) is 3.16. The van der Waals surface area contributed by atoms with Gasteiger partial charge in [-0.15, -0.1) is 0 Å². The van der Waals surface area contributed by atoms with Crippen LogP contribution in [0.4, 0.5) is 18.9 Å². The molecular formula is C22H25F3N2O4. The lowest BCUT2D eigenvalue weighted by atomic mass is 9.91. The zero-order chi connectivity index (χ0) is 23.2. The number of anilines is 1. The largest absolute Gasteiger partial charge is 0.467 e. The topological polar surface area (TPSA) is 76.7 Å². The molecule has 6 nitrogen and oxygen atoms in total. The molecule has 2 aromatic carbocycles. The van der Waals surface area contributed by atoms with Gasteiger partial charge in [0.2, 0.25) is 0 Å². The lowest BCUT2D eigenvalue weighted by molar-refractivity contribution is -0.266. The first kappa shape index (κ1) is 24.2. The number of carbonyl (C=O) groups is 2. The lowest BCUT2D eigenvalue weighted by Gasteiger charge is -2.35. The molecular weight excluding hydrogens is 413 g/mol. The van der Waals surface area contributed by atoms with Crippen LogP contribution in [0.15, 0.2) is 54.6 Å². The van der Waals surface area contributed by atoms with E-state index in [4.69, 9.17) is 9.47 Å². The van der Waals surface area contributed by atoms with Crippen LogP contribution in [0.5, 0.6) is 0 Å². The predicted octanol–water partition coefficient (Wildman–Crippen LogP) is 3.56. The first-order chi connectivity index (χ1) is 14.6. The molecule has 168 valence electrons. The van der Waals surface area contributed by atoms with Crippen molar-refractivity contribution in [2.45, 2.75) is 37.7 Å². The number of esters is 1. The van der Waals surface area contributed by atoms with Crippen molar-refractivity contribution < 1.29 is 32.2 Å². The van der Waals surface area contributed by atoms with Gasteiger partial charge >= 0.3 is 12.1 Å². The Morgan fingerprint density at radius 1 is 0.968 bits per heavy atom. The van der Waals surface area contributed by atoms with Crippen molar-refractivity contribution >= 4 is 17.6 Å². The van der Waals surface area contributed by atoms with Gasteiger partial charge in [0.1, 0.15) is 6.04 Å². The van der Waals surface area contributed by atoms with Gasteiger partial charge in [-0.05, 0) is 26.0 Å². The third kappa shape index (κ3) is 5.16. The maximum absolute atomic E-state index is 14.1. The lowest BCUT2D eigenvalue weighted by Crippen LogP contribution is -2.60. The molecule has 0 unspecified atom stereocenters. The van der Waals surface area contributed by atoms with E-state index >= 15 is 0 Å². The van der Waals surface area contributed by atoms with Gasteiger partial charge in [-0.25, -0.2) is 4.79 Å². The second kappa shape index (κ2) is 9.82. The van der Waals surface area contributed by atoms with Gasteiger partial charge in [-0.3, -0.25) is 4.79 Å². The number of rotatable bonds is 8. The minimum absolute atomic E-state index is 0.379. The fourth-order valence-electron chi connectivity index (χ4n) is 3.16. The number of hydrogen-bond donors (Lipinski definition) is 2. The highest BCUT2D eigenvalue weighted by molar-refractivity contribution is 5.89. The second-order valence-corrected chi connectivity index (χ2v) is 7.02. The number of methoxy groups -OCH3 is 2. The quantitative estimate of drug-likeness (QED) is 0.617. The van der Waals surface area contributed by atoms with Crippen LogP contribution in [-0.4, -0.2) is 44.4 Å². The summed E-state index contributed by atoms with van der Waals surface area (Å²) in [6.07, 6.45) is -5.06. The average Bonchev–Trinajstić information content (AvgIpc) is 2.73. The number of amides is 1. The van der Waals surface area contributed by atoms with Gasteiger partial charge in [0.15, 0.2) is 0 Å². The minimum Gasteiger partial charge on any atom is -0.467 e. The molecule has 1 amide bonds. The molecule has 0 bridgehead atoms.